The molecule has 4 fully saturated rings. The Morgan fingerprint density at radius 2 is 0.844 bits per heavy atom. The Morgan fingerprint density at radius 3 is 1.34 bits per heavy atom. The molecule has 7 amide bonds. The number of carbonyl (C=O) groups excluding carboxylic acids is 10. The van der Waals surface area contributed by atoms with E-state index < -0.39 is 233 Å². The Hall–Kier alpha value is -6.52. The molecule has 1 aromatic rings. The number of unbranched alkanes of at least 4 members (excludes halogenated alkanes) is 1. The van der Waals surface area contributed by atoms with Gasteiger partial charge >= 0.3 is 0 Å². The minimum absolute atomic E-state index is 0.00834. The number of aliphatic hydroxyl groups excluding tert-OH is 13. The number of Topliss-reactive ketones (excluding diaryl/α,β-unsaturated/α-hetero) is 3. The van der Waals surface area contributed by atoms with E-state index in [9.17, 15) is 114 Å². The van der Waals surface area contributed by atoms with E-state index in [-0.39, 0.29) is 195 Å². The molecular weight excluding hydrogens is 1620 g/mol. The number of hydrogen-bond donors (Lipinski definition) is 20. The highest BCUT2D eigenvalue weighted by Crippen LogP contribution is 2.30. The van der Waals surface area contributed by atoms with Crippen molar-refractivity contribution in [3.8, 4) is 0 Å². The first-order valence-corrected chi connectivity index (χ1v) is 41.4. The average molecular weight is 1750 g/mol. The Labute approximate surface area is 707 Å². The van der Waals surface area contributed by atoms with Gasteiger partial charge in [-0.2, -0.15) is 0 Å². The van der Waals surface area contributed by atoms with E-state index in [2.05, 4.69) is 37.2 Å². The lowest BCUT2D eigenvalue weighted by Crippen LogP contribution is -2.64. The molecular formula is C79H131N7O36. The van der Waals surface area contributed by atoms with E-state index in [1.165, 1.54) is 21.0 Å². The zero-order valence-electron chi connectivity index (χ0n) is 70.0. The van der Waals surface area contributed by atoms with Crippen molar-refractivity contribution < 1.29 is 176 Å². The summed E-state index contributed by atoms with van der Waals surface area (Å²) in [6, 6.07) is -0.209. The van der Waals surface area contributed by atoms with Gasteiger partial charge in [-0.15, -0.1) is 0 Å². The number of hydrogen-bond acceptors (Lipinski definition) is 36. The Balaban J connectivity index is 1.29. The highest BCUT2D eigenvalue weighted by Gasteiger charge is 2.48. The van der Waals surface area contributed by atoms with Crippen LogP contribution in [0.3, 0.4) is 0 Å². The number of rotatable bonds is 61. The van der Waals surface area contributed by atoms with Crippen molar-refractivity contribution in [1.82, 2.24) is 31.9 Å². The van der Waals surface area contributed by atoms with Crippen molar-refractivity contribution >= 4 is 64.4 Å². The second-order valence-corrected chi connectivity index (χ2v) is 30.4. The summed E-state index contributed by atoms with van der Waals surface area (Å²) in [5.41, 5.74) is 1.64. The van der Waals surface area contributed by atoms with Gasteiger partial charge in [-0.3, -0.25) is 47.9 Å². The van der Waals surface area contributed by atoms with Gasteiger partial charge in [0.2, 0.25) is 41.4 Å². The molecule has 1 aromatic carbocycles. The van der Waals surface area contributed by atoms with Crippen molar-refractivity contribution in [2.24, 2.45) is 17.8 Å². The van der Waals surface area contributed by atoms with Crippen LogP contribution in [0.2, 0.25) is 0 Å². The normalized spacial score (nSPS) is 27.3. The summed E-state index contributed by atoms with van der Waals surface area (Å²) in [6.45, 7) is 1.90. The van der Waals surface area contributed by atoms with Crippen LogP contribution in [0.15, 0.2) is 18.2 Å². The molecule has 5 rings (SSSR count). The number of carbonyl (C=O) groups is 10. The van der Waals surface area contributed by atoms with Crippen LogP contribution in [0.1, 0.15) is 135 Å². The number of anilines is 1. The third kappa shape index (κ3) is 37.2. The van der Waals surface area contributed by atoms with Crippen LogP contribution < -0.4 is 37.2 Å². The molecule has 20 N–H and O–H groups in total. The van der Waals surface area contributed by atoms with E-state index in [1.807, 2.05) is 0 Å². The lowest BCUT2D eigenvalue weighted by atomic mass is 9.92. The molecule has 4 unspecified atom stereocenters. The molecule has 0 radical (unpaired) electrons. The first-order chi connectivity index (χ1) is 58.4. The summed E-state index contributed by atoms with van der Waals surface area (Å²) in [6.07, 6.45) is -22.9. The number of ketones is 3. The number of ether oxygens (including phenoxy) is 13. The molecule has 43 nitrogen and oxygen atoms in total. The fourth-order valence-electron chi connectivity index (χ4n) is 13.8. The molecule has 122 heavy (non-hydrogen) atoms. The maximum Gasteiger partial charge on any atom is 0.242 e. The van der Waals surface area contributed by atoms with Gasteiger partial charge in [-0.05, 0) is 68.2 Å². The molecule has 4 aliphatic heterocycles. The predicted octanol–water partition coefficient (Wildman–Crippen LogP) is -6.19. The smallest absolute Gasteiger partial charge is 0.242 e. The second-order valence-electron chi connectivity index (χ2n) is 30.4. The van der Waals surface area contributed by atoms with Gasteiger partial charge in [0.1, 0.15) is 90.7 Å². The molecule has 4 saturated heterocycles. The van der Waals surface area contributed by atoms with Gasteiger partial charge in [0.25, 0.3) is 0 Å². The van der Waals surface area contributed by atoms with Crippen molar-refractivity contribution in [1.29, 1.82) is 0 Å². The molecule has 0 bridgehead atoms. The van der Waals surface area contributed by atoms with Crippen molar-refractivity contribution in [3.05, 3.63) is 29.3 Å². The zero-order chi connectivity index (χ0) is 89.8. The quantitative estimate of drug-likeness (QED) is 0.0270. The van der Waals surface area contributed by atoms with Crippen molar-refractivity contribution in [3.63, 3.8) is 0 Å². The minimum Gasteiger partial charge on any atom is -0.394 e. The van der Waals surface area contributed by atoms with Crippen LogP contribution in [-0.2, 0) is 123 Å². The number of benzene rings is 1. The summed E-state index contributed by atoms with van der Waals surface area (Å²) in [5.74, 6) is -8.62. The topological polar surface area (TPSA) is 638 Å². The van der Waals surface area contributed by atoms with Crippen LogP contribution in [0.4, 0.5) is 5.69 Å². The summed E-state index contributed by atoms with van der Waals surface area (Å²) in [7, 11) is 1.49. The number of amides is 7. The third-order valence-corrected chi connectivity index (χ3v) is 20.7. The van der Waals surface area contributed by atoms with Crippen LogP contribution in [0.25, 0.3) is 0 Å². The Bertz CT molecular complexity index is 3300. The molecule has 0 saturated carbocycles. The molecule has 4 aliphatic rings. The standard InChI is InChI=1S/C79H131N7O36/c1-44-66(100)68(102)57(39-88)119-76(44)115-30-26-111-22-8-11-52(94)15-16-55(75(109)81-21-25-114-28-31-116-77-45(2)67(101)69(103)58(40-89)120-77)86-74(108)50(37-53(95)10-6-7-13-62(98)84-51-35-48(38-87)34-49(36-51)43-110-5)14-18-63(99)85-54(56(96)12-9-23-112-27-32-117-78-64(82-46(3)92)72(106)70(104)59(41-90)121-78)17-19-61(97)80-20-24-113-29-33-118-79-65(83-47(4)93)73(107)71(105)60(42-91)122-79/h34-36,44-45,50,54-55,57-60,64-73,76-79,87-91,100-107H,6-33,37-43H2,1-5H3,(H,80,97)(H,81,109)(H,82,92)(H,83,93)(H,84,98)(H,85,99)(H,86,108)/t44-,45-,50+,54-,55-,57-,58-,59-,60-,64-,65-,66-,67-,68+,69+,70+,71+,72-,73-,76?,77?,78?,79?/m1/s1. The number of nitrogens with one attached hydrogen (secondary N) is 7. The fourth-order valence-corrected chi connectivity index (χ4v) is 13.8. The van der Waals surface area contributed by atoms with Crippen LogP contribution in [-0.4, -0.2) is 374 Å². The largest absolute Gasteiger partial charge is 0.394 e. The second kappa shape index (κ2) is 58.0. The SMILES string of the molecule is COCc1cc(CO)cc(NC(=O)CCCCC(=O)C[C@H](CCC(=O)N[C@H](CCC(=O)NCCOCCOC2O[C@H](CO)[C@H](O)[C@H](O)[C@H]2NC(C)=O)C(=O)CCCOCCOC2O[C@H](CO)[C@H](O)[C@H](O)[C@H]2NC(C)=O)C(=O)N[C@H](CCC(=O)CCCOCCOC2O[C@H](CO)[C@H](O)[C@H](O)[C@H]2C)C(=O)NCCOCCOC2O[C@H](CO)[C@H](O)[C@H](O)[C@H]2C)c1. The maximum absolute atomic E-state index is 14.8. The van der Waals surface area contributed by atoms with E-state index in [1.54, 1.807) is 32.0 Å². The Morgan fingerprint density at radius 1 is 0.410 bits per heavy atom. The summed E-state index contributed by atoms with van der Waals surface area (Å²) < 4.78 is 72.9. The highest BCUT2D eigenvalue weighted by molar-refractivity contribution is 5.93. The monoisotopic (exact) mass is 1750 g/mol. The van der Waals surface area contributed by atoms with Gasteiger partial charge in [0.05, 0.1) is 124 Å². The van der Waals surface area contributed by atoms with Gasteiger partial charge in [-0.25, -0.2) is 0 Å². The predicted molar refractivity (Wildman–Crippen MR) is 421 cm³/mol. The van der Waals surface area contributed by atoms with Crippen LogP contribution in [0, 0.1) is 17.8 Å². The summed E-state index contributed by atoms with van der Waals surface area (Å²) >= 11 is 0. The van der Waals surface area contributed by atoms with Crippen LogP contribution in [0.5, 0.6) is 0 Å². The van der Waals surface area contributed by atoms with Crippen molar-refractivity contribution in [2.45, 2.75) is 260 Å². The summed E-state index contributed by atoms with van der Waals surface area (Å²) in [5, 5.41) is 150. The van der Waals surface area contributed by atoms with Gasteiger partial charge in [0.15, 0.2) is 30.9 Å². The number of aliphatic hydroxyl groups is 13. The van der Waals surface area contributed by atoms with Crippen LogP contribution >= 0.6 is 0 Å². The van der Waals surface area contributed by atoms with E-state index in [0.717, 1.165) is 0 Å². The van der Waals surface area contributed by atoms with Gasteiger partial charge in [0, 0.05) is 122 Å². The van der Waals surface area contributed by atoms with Gasteiger partial charge in [-0.1, -0.05) is 19.9 Å². The molecule has 698 valence electrons. The van der Waals surface area contributed by atoms with E-state index in [4.69, 9.17) is 61.6 Å². The molecule has 0 aliphatic carbocycles. The first kappa shape index (κ1) is 106. The molecule has 0 aromatic heterocycles. The van der Waals surface area contributed by atoms with Crippen molar-refractivity contribution in [2.75, 3.05) is 131 Å². The zero-order valence-corrected chi connectivity index (χ0v) is 70.0. The lowest BCUT2D eigenvalue weighted by Gasteiger charge is -2.42. The van der Waals surface area contributed by atoms with Gasteiger partial charge < -0.3 is 165 Å². The molecule has 4 heterocycles. The lowest BCUT2D eigenvalue weighted by molar-refractivity contribution is -0.284. The third-order valence-electron chi connectivity index (χ3n) is 20.7. The summed E-state index contributed by atoms with van der Waals surface area (Å²) in [4.78, 5) is 135. The molecule has 23 atom stereocenters. The highest BCUT2D eigenvalue weighted by atomic mass is 16.7. The maximum atomic E-state index is 14.8. The molecule has 43 heteroatoms. The molecule has 0 spiro atoms. The fraction of sp³-hybridized carbons (Fsp3) is 0.797. The number of methoxy groups -OCH3 is 1. The van der Waals surface area contributed by atoms with E-state index >= 15 is 0 Å². The Kier molecular flexibility index (Phi) is 50.4. The first-order valence-electron chi connectivity index (χ1n) is 41.4. The average Bonchev–Trinajstić information content (AvgIpc) is 0.813. The minimum atomic E-state index is -1.57. The van der Waals surface area contributed by atoms with E-state index in [0.29, 0.717) is 16.8 Å².